The monoisotopic (exact) mass is 305 g/mol. The predicted octanol–water partition coefficient (Wildman–Crippen LogP) is 1.75. The summed E-state index contributed by atoms with van der Waals surface area (Å²) < 4.78 is 4.98. The van der Waals surface area contributed by atoms with Gasteiger partial charge in [0.1, 0.15) is 12.4 Å². The molecule has 0 spiro atoms. The average molecular weight is 305 g/mol. The Labute approximate surface area is 130 Å². The molecule has 0 bridgehead atoms. The predicted molar refractivity (Wildman–Crippen MR) is 83.9 cm³/mol. The molecule has 1 fully saturated rings. The second-order valence-electron chi connectivity index (χ2n) is 5.36. The van der Waals surface area contributed by atoms with Crippen molar-refractivity contribution in [1.82, 2.24) is 10.3 Å². The van der Waals surface area contributed by atoms with Gasteiger partial charge in [0.2, 0.25) is 0 Å². The smallest absolute Gasteiger partial charge is 0.325 e. The van der Waals surface area contributed by atoms with Gasteiger partial charge < -0.3 is 15.0 Å². The van der Waals surface area contributed by atoms with E-state index in [-0.39, 0.29) is 12.5 Å². The normalized spacial score (nSPS) is 14.0. The number of hydrogen-bond acceptors (Lipinski definition) is 5. The van der Waals surface area contributed by atoms with Crippen molar-refractivity contribution in [2.45, 2.75) is 32.6 Å². The number of ether oxygens (including phenoxy) is 1. The van der Waals surface area contributed by atoms with Gasteiger partial charge in [-0.2, -0.15) is 0 Å². The molecule has 6 heteroatoms. The largest absolute Gasteiger partial charge is 0.464 e. The molecule has 1 aromatic heterocycles. The standard InChI is InChI=1S/C16H23N3O3/c1-2-3-10-22-15(20)12-18-16(21)13-6-7-14(17-11-13)19-8-4-5-9-19/h6-7,11H,2-5,8-10,12H2,1H3,(H,18,21). The Morgan fingerprint density at radius 1 is 1.32 bits per heavy atom. The summed E-state index contributed by atoms with van der Waals surface area (Å²) in [5.41, 5.74) is 0.448. The van der Waals surface area contributed by atoms with Crippen molar-refractivity contribution >= 4 is 17.7 Å². The summed E-state index contributed by atoms with van der Waals surface area (Å²) in [7, 11) is 0. The zero-order chi connectivity index (χ0) is 15.8. The lowest BCUT2D eigenvalue weighted by Gasteiger charge is -2.16. The highest BCUT2D eigenvalue weighted by molar-refractivity contribution is 5.95. The Bertz CT molecular complexity index is 496. The van der Waals surface area contributed by atoms with Crippen molar-refractivity contribution in [3.05, 3.63) is 23.9 Å². The summed E-state index contributed by atoms with van der Waals surface area (Å²) in [6, 6.07) is 3.58. The molecule has 2 rings (SSSR count). The third-order valence-corrected chi connectivity index (χ3v) is 3.59. The molecule has 1 saturated heterocycles. The summed E-state index contributed by atoms with van der Waals surface area (Å²) in [6.45, 7) is 4.34. The van der Waals surface area contributed by atoms with Crippen LogP contribution >= 0.6 is 0 Å². The van der Waals surface area contributed by atoms with Crippen molar-refractivity contribution in [1.29, 1.82) is 0 Å². The minimum atomic E-state index is -0.413. The second kappa shape index (κ2) is 8.36. The van der Waals surface area contributed by atoms with E-state index in [1.807, 2.05) is 13.0 Å². The molecular formula is C16H23N3O3. The molecule has 0 unspecified atom stereocenters. The van der Waals surface area contributed by atoms with Gasteiger partial charge in [-0.3, -0.25) is 9.59 Å². The van der Waals surface area contributed by atoms with E-state index in [0.29, 0.717) is 12.2 Å². The molecule has 0 radical (unpaired) electrons. The summed E-state index contributed by atoms with van der Waals surface area (Å²) >= 11 is 0. The number of nitrogens with one attached hydrogen (secondary N) is 1. The van der Waals surface area contributed by atoms with E-state index in [9.17, 15) is 9.59 Å². The number of esters is 1. The molecule has 0 aromatic carbocycles. The number of rotatable bonds is 7. The Hall–Kier alpha value is -2.11. The van der Waals surface area contributed by atoms with Crippen molar-refractivity contribution < 1.29 is 14.3 Å². The van der Waals surface area contributed by atoms with Gasteiger partial charge in [0.15, 0.2) is 0 Å². The molecule has 120 valence electrons. The maximum absolute atomic E-state index is 11.9. The van der Waals surface area contributed by atoms with Gasteiger partial charge in [0.25, 0.3) is 5.91 Å². The number of nitrogens with zero attached hydrogens (tertiary/aromatic N) is 2. The maximum atomic E-state index is 11.9. The SMILES string of the molecule is CCCCOC(=O)CNC(=O)c1ccc(N2CCCC2)nc1. The summed E-state index contributed by atoms with van der Waals surface area (Å²) in [6.07, 6.45) is 5.72. The van der Waals surface area contributed by atoms with Crippen LogP contribution in [-0.2, 0) is 9.53 Å². The van der Waals surface area contributed by atoms with Crippen molar-refractivity contribution in [3.8, 4) is 0 Å². The van der Waals surface area contributed by atoms with Crippen LogP contribution in [0.15, 0.2) is 18.3 Å². The molecular weight excluding hydrogens is 282 g/mol. The maximum Gasteiger partial charge on any atom is 0.325 e. The third kappa shape index (κ3) is 4.72. The van der Waals surface area contributed by atoms with Crippen molar-refractivity contribution in [2.75, 3.05) is 31.1 Å². The molecule has 1 aliphatic rings. The lowest BCUT2D eigenvalue weighted by molar-refractivity contribution is -0.142. The van der Waals surface area contributed by atoms with Gasteiger partial charge in [0.05, 0.1) is 12.2 Å². The molecule has 0 aliphatic carbocycles. The number of unbranched alkanes of at least 4 members (excludes halogenated alkanes) is 1. The highest BCUT2D eigenvalue weighted by Gasteiger charge is 2.14. The van der Waals surface area contributed by atoms with Crippen LogP contribution < -0.4 is 10.2 Å². The fourth-order valence-corrected chi connectivity index (χ4v) is 2.29. The number of anilines is 1. The Balaban J connectivity index is 1.78. The number of aromatic nitrogens is 1. The lowest BCUT2D eigenvalue weighted by atomic mass is 10.2. The highest BCUT2D eigenvalue weighted by Crippen LogP contribution is 2.17. The van der Waals surface area contributed by atoms with E-state index in [1.54, 1.807) is 12.3 Å². The fourth-order valence-electron chi connectivity index (χ4n) is 2.29. The first-order valence-corrected chi connectivity index (χ1v) is 7.85. The van der Waals surface area contributed by atoms with Crippen LogP contribution in [0.2, 0.25) is 0 Å². The molecule has 0 saturated carbocycles. The van der Waals surface area contributed by atoms with E-state index in [0.717, 1.165) is 31.7 Å². The Morgan fingerprint density at radius 2 is 2.09 bits per heavy atom. The fraction of sp³-hybridized carbons (Fsp3) is 0.562. The Morgan fingerprint density at radius 3 is 2.73 bits per heavy atom. The molecule has 2 heterocycles. The van der Waals surface area contributed by atoms with Crippen molar-refractivity contribution in [3.63, 3.8) is 0 Å². The number of carbonyl (C=O) groups excluding carboxylic acids is 2. The van der Waals surface area contributed by atoms with Crippen LogP contribution in [-0.4, -0.2) is 43.1 Å². The number of hydrogen-bond donors (Lipinski definition) is 1. The van der Waals surface area contributed by atoms with Crippen LogP contribution in [0.25, 0.3) is 0 Å². The van der Waals surface area contributed by atoms with Gasteiger partial charge in [-0.25, -0.2) is 4.98 Å². The van der Waals surface area contributed by atoms with Gasteiger partial charge in [-0.15, -0.1) is 0 Å². The van der Waals surface area contributed by atoms with Crippen LogP contribution in [0.1, 0.15) is 43.0 Å². The second-order valence-corrected chi connectivity index (χ2v) is 5.36. The zero-order valence-corrected chi connectivity index (χ0v) is 13.0. The first-order chi connectivity index (χ1) is 10.7. The molecule has 1 N–H and O–H groups in total. The summed E-state index contributed by atoms with van der Waals surface area (Å²) in [5, 5.41) is 2.55. The van der Waals surface area contributed by atoms with Crippen molar-refractivity contribution in [2.24, 2.45) is 0 Å². The lowest BCUT2D eigenvalue weighted by Crippen LogP contribution is -2.31. The quantitative estimate of drug-likeness (QED) is 0.614. The van der Waals surface area contributed by atoms with E-state index in [1.165, 1.54) is 12.8 Å². The van der Waals surface area contributed by atoms with Crippen LogP contribution in [0.5, 0.6) is 0 Å². The molecule has 6 nitrogen and oxygen atoms in total. The topological polar surface area (TPSA) is 71.5 Å². The minimum absolute atomic E-state index is 0.115. The van der Waals surface area contributed by atoms with E-state index < -0.39 is 5.97 Å². The highest BCUT2D eigenvalue weighted by atomic mass is 16.5. The molecule has 1 amide bonds. The van der Waals surface area contributed by atoms with Crippen LogP contribution in [0, 0.1) is 0 Å². The molecule has 22 heavy (non-hydrogen) atoms. The van der Waals surface area contributed by atoms with E-state index >= 15 is 0 Å². The van der Waals surface area contributed by atoms with Gasteiger partial charge in [-0.1, -0.05) is 13.3 Å². The first-order valence-electron chi connectivity index (χ1n) is 7.85. The van der Waals surface area contributed by atoms with Gasteiger partial charge >= 0.3 is 5.97 Å². The molecule has 1 aliphatic heterocycles. The number of carbonyl (C=O) groups is 2. The number of amides is 1. The van der Waals surface area contributed by atoms with Gasteiger partial charge in [0, 0.05) is 19.3 Å². The third-order valence-electron chi connectivity index (χ3n) is 3.59. The average Bonchev–Trinajstić information content (AvgIpc) is 3.07. The summed E-state index contributed by atoms with van der Waals surface area (Å²) in [5.74, 6) is 0.171. The Kier molecular flexibility index (Phi) is 6.18. The molecule has 0 atom stereocenters. The van der Waals surface area contributed by atoms with Crippen LogP contribution in [0.3, 0.4) is 0 Å². The van der Waals surface area contributed by atoms with Crippen LogP contribution in [0.4, 0.5) is 5.82 Å². The zero-order valence-electron chi connectivity index (χ0n) is 13.0. The minimum Gasteiger partial charge on any atom is -0.464 e. The summed E-state index contributed by atoms with van der Waals surface area (Å²) in [4.78, 5) is 29.9. The first kappa shape index (κ1) is 16.3. The van der Waals surface area contributed by atoms with E-state index in [2.05, 4.69) is 15.2 Å². The number of pyridine rings is 1. The molecule has 1 aromatic rings. The van der Waals surface area contributed by atoms with Gasteiger partial charge in [-0.05, 0) is 31.4 Å². The van der Waals surface area contributed by atoms with E-state index in [4.69, 9.17) is 4.74 Å².